The first-order valence-corrected chi connectivity index (χ1v) is 10.7. The van der Waals surface area contributed by atoms with Gasteiger partial charge in [-0.05, 0) is 61.6 Å². The smallest absolute Gasteiger partial charge is 0.146 e. The topological polar surface area (TPSA) is 43.8 Å². The predicted octanol–water partition coefficient (Wildman–Crippen LogP) is 5.60. The minimum atomic E-state index is 0.417. The van der Waals surface area contributed by atoms with Crippen LogP contribution >= 0.6 is 0 Å². The Hall–Kier alpha value is -2.95. The largest absolute Gasteiger partial charge is 0.497 e. The van der Waals surface area contributed by atoms with Gasteiger partial charge in [0.2, 0.25) is 0 Å². The number of hydrogen-bond donors (Lipinski definition) is 0. The molecule has 0 amide bonds. The summed E-state index contributed by atoms with van der Waals surface area (Å²) in [5, 5.41) is 1.09. The standard InChI is InChI=1S/C25H30N2O3/c1-4-20-9-5-6-13-27(20)24-12-11-19-8-7-10-23(25(19)26-24)30-17-18-14-21(28-2)16-22(15-18)29-3/h7-8,10-12,14-16,20H,4-6,9,13,17H2,1-3H3. The number of fused-ring (bicyclic) bond motifs is 1. The molecule has 1 atom stereocenters. The molecule has 5 heteroatoms. The van der Waals surface area contributed by atoms with Crippen molar-refractivity contribution in [3.05, 3.63) is 54.1 Å². The van der Waals surface area contributed by atoms with E-state index in [4.69, 9.17) is 19.2 Å². The SMILES string of the molecule is CCC1CCCCN1c1ccc2cccc(OCc3cc(OC)cc(OC)c3)c2n1. The van der Waals surface area contributed by atoms with Crippen LogP contribution in [0.3, 0.4) is 0 Å². The second-order valence-corrected chi connectivity index (χ2v) is 7.76. The van der Waals surface area contributed by atoms with Gasteiger partial charge in [-0.15, -0.1) is 0 Å². The van der Waals surface area contributed by atoms with E-state index in [9.17, 15) is 0 Å². The first-order valence-electron chi connectivity index (χ1n) is 10.7. The average molecular weight is 407 g/mol. The van der Waals surface area contributed by atoms with Crippen molar-refractivity contribution < 1.29 is 14.2 Å². The zero-order valence-electron chi connectivity index (χ0n) is 18.1. The van der Waals surface area contributed by atoms with Crippen molar-refractivity contribution in [2.75, 3.05) is 25.7 Å². The maximum absolute atomic E-state index is 6.21. The zero-order chi connectivity index (χ0) is 20.9. The summed E-state index contributed by atoms with van der Waals surface area (Å²) in [6, 6.07) is 16.7. The van der Waals surface area contributed by atoms with E-state index in [0.29, 0.717) is 12.6 Å². The first kappa shape index (κ1) is 20.3. The van der Waals surface area contributed by atoms with E-state index < -0.39 is 0 Å². The molecule has 158 valence electrons. The van der Waals surface area contributed by atoms with Crippen LogP contribution in [0.5, 0.6) is 17.2 Å². The van der Waals surface area contributed by atoms with E-state index in [1.165, 1.54) is 19.3 Å². The van der Waals surface area contributed by atoms with Gasteiger partial charge in [0.1, 0.15) is 35.2 Å². The van der Waals surface area contributed by atoms with Crippen LogP contribution in [0.25, 0.3) is 10.9 Å². The minimum absolute atomic E-state index is 0.417. The van der Waals surface area contributed by atoms with E-state index in [-0.39, 0.29) is 0 Å². The van der Waals surface area contributed by atoms with Gasteiger partial charge in [-0.25, -0.2) is 4.98 Å². The summed E-state index contributed by atoms with van der Waals surface area (Å²) in [6.45, 7) is 3.75. The van der Waals surface area contributed by atoms with Gasteiger partial charge in [0.15, 0.2) is 0 Å². The third-order valence-electron chi connectivity index (χ3n) is 5.87. The highest BCUT2D eigenvalue weighted by Crippen LogP contribution is 2.31. The molecule has 3 aromatic rings. The number of anilines is 1. The molecule has 4 rings (SSSR count). The number of ether oxygens (including phenoxy) is 3. The van der Waals surface area contributed by atoms with Crippen molar-refractivity contribution in [2.45, 2.75) is 45.3 Å². The Kier molecular flexibility index (Phi) is 6.26. The number of benzene rings is 2. The van der Waals surface area contributed by atoms with Crippen molar-refractivity contribution in [2.24, 2.45) is 0 Å². The summed E-state index contributed by atoms with van der Waals surface area (Å²) in [6.07, 6.45) is 4.93. The summed E-state index contributed by atoms with van der Waals surface area (Å²) < 4.78 is 16.9. The molecule has 2 heterocycles. The number of piperidine rings is 1. The summed E-state index contributed by atoms with van der Waals surface area (Å²) in [4.78, 5) is 7.49. The lowest BCUT2D eigenvalue weighted by molar-refractivity contribution is 0.307. The molecule has 1 aromatic heterocycles. The van der Waals surface area contributed by atoms with Gasteiger partial charge in [-0.2, -0.15) is 0 Å². The summed E-state index contributed by atoms with van der Waals surface area (Å²) in [5.74, 6) is 3.35. The average Bonchev–Trinajstić information content (AvgIpc) is 2.82. The Morgan fingerprint density at radius 3 is 2.53 bits per heavy atom. The van der Waals surface area contributed by atoms with Crippen LogP contribution in [0, 0.1) is 0 Å². The summed E-state index contributed by atoms with van der Waals surface area (Å²) in [7, 11) is 3.31. The molecule has 1 fully saturated rings. The second kappa shape index (κ2) is 9.24. The van der Waals surface area contributed by atoms with E-state index in [1.807, 2.05) is 30.3 Å². The number of hydrogen-bond acceptors (Lipinski definition) is 5. The molecule has 0 aliphatic carbocycles. The molecule has 1 aliphatic heterocycles. The molecule has 0 saturated carbocycles. The highest BCUT2D eigenvalue weighted by molar-refractivity contribution is 5.86. The molecular weight excluding hydrogens is 376 g/mol. The normalized spacial score (nSPS) is 16.5. The fourth-order valence-electron chi connectivity index (χ4n) is 4.22. The first-order chi connectivity index (χ1) is 14.7. The van der Waals surface area contributed by atoms with Crippen molar-refractivity contribution in [3.63, 3.8) is 0 Å². The van der Waals surface area contributed by atoms with Crippen LogP contribution < -0.4 is 19.1 Å². The van der Waals surface area contributed by atoms with Crippen LogP contribution in [0.15, 0.2) is 48.5 Å². The lowest BCUT2D eigenvalue weighted by atomic mass is 10.00. The van der Waals surface area contributed by atoms with Gasteiger partial charge in [0.05, 0.1) is 14.2 Å². The summed E-state index contributed by atoms with van der Waals surface area (Å²) >= 11 is 0. The van der Waals surface area contributed by atoms with E-state index in [0.717, 1.165) is 52.5 Å². The number of aromatic nitrogens is 1. The number of rotatable bonds is 7. The van der Waals surface area contributed by atoms with Gasteiger partial charge in [0.25, 0.3) is 0 Å². The lowest BCUT2D eigenvalue weighted by Crippen LogP contribution is -2.39. The number of methoxy groups -OCH3 is 2. The van der Waals surface area contributed by atoms with Gasteiger partial charge < -0.3 is 19.1 Å². The molecule has 1 saturated heterocycles. The van der Waals surface area contributed by atoms with E-state index in [2.05, 4.69) is 30.0 Å². The van der Waals surface area contributed by atoms with Gasteiger partial charge >= 0.3 is 0 Å². The molecule has 5 nitrogen and oxygen atoms in total. The van der Waals surface area contributed by atoms with Crippen LogP contribution in [0.4, 0.5) is 5.82 Å². The third-order valence-corrected chi connectivity index (χ3v) is 5.87. The minimum Gasteiger partial charge on any atom is -0.497 e. The molecule has 2 aromatic carbocycles. The Bertz CT molecular complexity index is 983. The molecule has 0 radical (unpaired) electrons. The fourth-order valence-corrected chi connectivity index (χ4v) is 4.22. The Labute approximate surface area is 178 Å². The highest BCUT2D eigenvalue weighted by atomic mass is 16.5. The molecule has 0 bridgehead atoms. The molecule has 0 spiro atoms. The quantitative estimate of drug-likeness (QED) is 0.511. The predicted molar refractivity (Wildman–Crippen MR) is 121 cm³/mol. The van der Waals surface area contributed by atoms with Crippen molar-refractivity contribution in [3.8, 4) is 17.2 Å². The lowest BCUT2D eigenvalue weighted by Gasteiger charge is -2.36. The van der Waals surface area contributed by atoms with Crippen LogP contribution in [-0.4, -0.2) is 31.8 Å². The second-order valence-electron chi connectivity index (χ2n) is 7.76. The Morgan fingerprint density at radius 2 is 1.80 bits per heavy atom. The highest BCUT2D eigenvalue weighted by Gasteiger charge is 2.22. The van der Waals surface area contributed by atoms with Crippen LogP contribution in [0.2, 0.25) is 0 Å². The third kappa shape index (κ3) is 4.30. The maximum Gasteiger partial charge on any atom is 0.146 e. The molecular formula is C25H30N2O3. The monoisotopic (exact) mass is 406 g/mol. The van der Waals surface area contributed by atoms with Crippen molar-refractivity contribution >= 4 is 16.7 Å². The molecule has 1 aliphatic rings. The van der Waals surface area contributed by atoms with Gasteiger partial charge in [-0.1, -0.05) is 19.1 Å². The maximum atomic E-state index is 6.21. The van der Waals surface area contributed by atoms with E-state index in [1.54, 1.807) is 14.2 Å². The number of pyridine rings is 1. The fraction of sp³-hybridized carbons (Fsp3) is 0.400. The number of nitrogens with zero attached hydrogens (tertiary/aromatic N) is 2. The molecule has 1 unspecified atom stereocenters. The Morgan fingerprint density at radius 1 is 1.00 bits per heavy atom. The van der Waals surface area contributed by atoms with Crippen molar-refractivity contribution in [1.29, 1.82) is 0 Å². The van der Waals surface area contributed by atoms with Crippen LogP contribution in [0.1, 0.15) is 38.2 Å². The zero-order valence-corrected chi connectivity index (χ0v) is 18.1. The van der Waals surface area contributed by atoms with Gasteiger partial charge in [-0.3, -0.25) is 0 Å². The van der Waals surface area contributed by atoms with Crippen molar-refractivity contribution in [1.82, 2.24) is 4.98 Å². The van der Waals surface area contributed by atoms with Crippen LogP contribution in [-0.2, 0) is 6.61 Å². The number of para-hydroxylation sites is 1. The van der Waals surface area contributed by atoms with E-state index >= 15 is 0 Å². The molecule has 0 N–H and O–H groups in total. The Balaban J connectivity index is 1.61. The summed E-state index contributed by atoms with van der Waals surface area (Å²) in [5.41, 5.74) is 1.90. The molecule has 30 heavy (non-hydrogen) atoms. The van der Waals surface area contributed by atoms with Gasteiger partial charge in [0, 0.05) is 24.0 Å².